The van der Waals surface area contributed by atoms with Crippen LogP contribution in [0.5, 0.6) is 0 Å². The summed E-state index contributed by atoms with van der Waals surface area (Å²) in [6.07, 6.45) is 1.03. The molecule has 0 fully saturated rings. The van der Waals surface area contributed by atoms with Gasteiger partial charge in [-0.3, -0.25) is 0 Å². The van der Waals surface area contributed by atoms with E-state index in [0.29, 0.717) is 15.7 Å². The lowest BCUT2D eigenvalue weighted by atomic mass is 10.2. The SMILES string of the molecule is Cc1ccc(S(=O)(=O)C(C#N)=CNC(=S)Nc2cc(Cl)ccc2Cl)cc1. The number of anilines is 1. The summed E-state index contributed by atoms with van der Waals surface area (Å²) in [5, 5.41) is 15.5. The van der Waals surface area contributed by atoms with Gasteiger partial charge in [0.1, 0.15) is 6.07 Å². The van der Waals surface area contributed by atoms with Gasteiger partial charge in [0.15, 0.2) is 10.0 Å². The van der Waals surface area contributed by atoms with Crippen LogP contribution in [0, 0.1) is 18.3 Å². The lowest BCUT2D eigenvalue weighted by Crippen LogP contribution is -2.25. The van der Waals surface area contributed by atoms with Crippen molar-refractivity contribution in [2.24, 2.45) is 0 Å². The molecule has 0 aliphatic rings. The van der Waals surface area contributed by atoms with Crippen LogP contribution in [0.15, 0.2) is 58.5 Å². The fraction of sp³-hybridized carbons (Fsp3) is 0.0588. The standard InChI is InChI=1S/C17H13Cl2N3O2S2/c1-11-2-5-13(6-3-11)26(23,24)14(9-20)10-21-17(25)22-16-8-12(18)4-7-15(16)19/h2-8,10H,1H3,(H2,21,22,25). The highest BCUT2D eigenvalue weighted by molar-refractivity contribution is 7.95. The first-order valence-corrected chi connectivity index (χ1v) is 9.83. The Balaban J connectivity index is 2.18. The van der Waals surface area contributed by atoms with Gasteiger partial charge in [-0.15, -0.1) is 0 Å². The molecule has 0 atom stereocenters. The molecule has 2 N–H and O–H groups in total. The second-order valence-electron chi connectivity index (χ2n) is 5.16. The number of nitriles is 1. The molecule has 0 heterocycles. The summed E-state index contributed by atoms with van der Waals surface area (Å²) < 4.78 is 25.0. The van der Waals surface area contributed by atoms with E-state index < -0.39 is 14.7 Å². The number of allylic oxidation sites excluding steroid dienone is 1. The molecule has 0 saturated carbocycles. The smallest absolute Gasteiger partial charge is 0.218 e. The average molecular weight is 426 g/mol. The van der Waals surface area contributed by atoms with Gasteiger partial charge in [-0.2, -0.15) is 5.26 Å². The van der Waals surface area contributed by atoms with Gasteiger partial charge in [-0.05, 0) is 49.5 Å². The van der Waals surface area contributed by atoms with Crippen LogP contribution in [0.25, 0.3) is 0 Å². The van der Waals surface area contributed by atoms with Gasteiger partial charge in [0.25, 0.3) is 0 Å². The van der Waals surface area contributed by atoms with Gasteiger partial charge in [-0.1, -0.05) is 40.9 Å². The van der Waals surface area contributed by atoms with E-state index in [0.717, 1.165) is 11.8 Å². The Hall–Kier alpha value is -2.11. The molecule has 0 saturated heterocycles. The minimum Gasteiger partial charge on any atom is -0.337 e. The number of rotatable bonds is 4. The van der Waals surface area contributed by atoms with Crippen LogP contribution in [-0.4, -0.2) is 13.5 Å². The van der Waals surface area contributed by atoms with Crippen molar-refractivity contribution >= 4 is 56.1 Å². The molecule has 2 aromatic rings. The zero-order valence-electron chi connectivity index (χ0n) is 13.5. The molecule has 0 unspecified atom stereocenters. The number of hydrogen-bond donors (Lipinski definition) is 2. The van der Waals surface area contributed by atoms with Gasteiger partial charge in [-0.25, -0.2) is 8.42 Å². The van der Waals surface area contributed by atoms with Crippen molar-refractivity contribution in [3.05, 3.63) is 69.2 Å². The average Bonchev–Trinajstić information content (AvgIpc) is 2.59. The largest absolute Gasteiger partial charge is 0.337 e. The predicted molar refractivity (Wildman–Crippen MR) is 108 cm³/mol. The molecule has 26 heavy (non-hydrogen) atoms. The van der Waals surface area contributed by atoms with Crippen molar-refractivity contribution < 1.29 is 8.42 Å². The maximum Gasteiger partial charge on any atom is 0.218 e. The van der Waals surface area contributed by atoms with E-state index in [9.17, 15) is 13.7 Å². The normalized spacial score (nSPS) is 11.5. The number of hydrogen-bond acceptors (Lipinski definition) is 4. The van der Waals surface area contributed by atoms with Crippen LogP contribution in [0.2, 0.25) is 10.0 Å². The molecule has 2 rings (SSSR count). The molecule has 0 aliphatic heterocycles. The Kier molecular flexibility index (Phi) is 6.62. The summed E-state index contributed by atoms with van der Waals surface area (Å²) >= 11 is 17.0. The first-order valence-electron chi connectivity index (χ1n) is 7.18. The molecule has 9 heteroatoms. The molecular weight excluding hydrogens is 413 g/mol. The lowest BCUT2D eigenvalue weighted by molar-refractivity contribution is 0.603. The molecular formula is C17H13Cl2N3O2S2. The summed E-state index contributed by atoms with van der Waals surface area (Å²) in [5.41, 5.74) is 1.36. The van der Waals surface area contributed by atoms with Crippen molar-refractivity contribution in [1.29, 1.82) is 5.26 Å². The second kappa shape index (κ2) is 8.52. The van der Waals surface area contributed by atoms with Crippen LogP contribution in [0.1, 0.15) is 5.56 Å². The van der Waals surface area contributed by atoms with Crippen LogP contribution in [0.4, 0.5) is 5.69 Å². The molecule has 2 aromatic carbocycles. The topological polar surface area (TPSA) is 82.0 Å². The highest BCUT2D eigenvalue weighted by Crippen LogP contribution is 2.25. The van der Waals surface area contributed by atoms with Gasteiger partial charge >= 0.3 is 0 Å². The highest BCUT2D eigenvalue weighted by Gasteiger charge is 2.20. The minimum absolute atomic E-state index is 0.0227. The first kappa shape index (κ1) is 20.2. The second-order valence-corrected chi connectivity index (χ2v) is 8.33. The van der Waals surface area contributed by atoms with Crippen molar-refractivity contribution in [3.8, 4) is 6.07 Å². The summed E-state index contributed by atoms with van der Waals surface area (Å²) in [6.45, 7) is 1.84. The van der Waals surface area contributed by atoms with Crippen LogP contribution >= 0.6 is 35.4 Å². The van der Waals surface area contributed by atoms with E-state index in [1.54, 1.807) is 36.4 Å². The van der Waals surface area contributed by atoms with E-state index in [1.165, 1.54) is 12.1 Å². The summed E-state index contributed by atoms with van der Waals surface area (Å²) in [6, 6.07) is 12.6. The molecule has 0 bridgehead atoms. The molecule has 0 radical (unpaired) electrons. The van der Waals surface area contributed by atoms with Crippen LogP contribution < -0.4 is 10.6 Å². The molecule has 0 spiro atoms. The summed E-state index contributed by atoms with van der Waals surface area (Å²) in [7, 11) is -3.95. The fourth-order valence-corrected chi connectivity index (χ4v) is 3.49. The van der Waals surface area contributed by atoms with Crippen LogP contribution in [0.3, 0.4) is 0 Å². The molecule has 0 aromatic heterocycles. The van der Waals surface area contributed by atoms with E-state index in [-0.39, 0.29) is 10.0 Å². The number of nitrogens with zero attached hydrogens (tertiary/aromatic N) is 1. The molecule has 0 aliphatic carbocycles. The number of benzene rings is 2. The van der Waals surface area contributed by atoms with Crippen molar-refractivity contribution in [2.45, 2.75) is 11.8 Å². The van der Waals surface area contributed by atoms with E-state index in [1.807, 2.05) is 6.92 Å². The number of aryl methyl sites for hydroxylation is 1. The molecule has 5 nitrogen and oxygen atoms in total. The Bertz CT molecular complexity index is 1010. The third kappa shape index (κ3) is 4.96. The molecule has 0 amide bonds. The third-order valence-corrected chi connectivity index (χ3v) is 5.71. The van der Waals surface area contributed by atoms with Crippen LogP contribution in [-0.2, 0) is 9.84 Å². The monoisotopic (exact) mass is 425 g/mol. The van der Waals surface area contributed by atoms with E-state index in [4.69, 9.17) is 35.4 Å². The van der Waals surface area contributed by atoms with Crippen molar-refractivity contribution in [2.75, 3.05) is 5.32 Å². The minimum atomic E-state index is -3.95. The van der Waals surface area contributed by atoms with Gasteiger partial charge in [0.05, 0.1) is 15.6 Å². The number of sulfone groups is 1. The highest BCUT2D eigenvalue weighted by atomic mass is 35.5. The van der Waals surface area contributed by atoms with Crippen molar-refractivity contribution in [3.63, 3.8) is 0 Å². The number of halogens is 2. The predicted octanol–water partition coefficient (Wildman–Crippen LogP) is 4.43. The Morgan fingerprint density at radius 3 is 2.46 bits per heavy atom. The summed E-state index contributed by atoms with van der Waals surface area (Å²) in [4.78, 5) is -0.447. The van der Waals surface area contributed by atoms with E-state index in [2.05, 4.69) is 10.6 Å². The van der Waals surface area contributed by atoms with Crippen molar-refractivity contribution in [1.82, 2.24) is 5.32 Å². The quantitative estimate of drug-likeness (QED) is 0.556. The number of nitrogens with one attached hydrogen (secondary N) is 2. The fourth-order valence-electron chi connectivity index (χ4n) is 1.90. The van der Waals surface area contributed by atoms with Gasteiger partial charge in [0.2, 0.25) is 9.84 Å². The zero-order valence-corrected chi connectivity index (χ0v) is 16.6. The maximum atomic E-state index is 12.5. The van der Waals surface area contributed by atoms with E-state index >= 15 is 0 Å². The Morgan fingerprint density at radius 1 is 1.19 bits per heavy atom. The Morgan fingerprint density at radius 2 is 1.85 bits per heavy atom. The Labute approximate surface area is 167 Å². The number of thiocarbonyl (C=S) groups is 1. The van der Waals surface area contributed by atoms with Gasteiger partial charge in [0, 0.05) is 11.2 Å². The first-order chi connectivity index (χ1) is 12.2. The van der Waals surface area contributed by atoms with Gasteiger partial charge < -0.3 is 10.6 Å². The molecule has 134 valence electrons. The maximum absolute atomic E-state index is 12.5. The summed E-state index contributed by atoms with van der Waals surface area (Å²) in [5.74, 6) is 0. The lowest BCUT2D eigenvalue weighted by Gasteiger charge is -2.10. The third-order valence-electron chi connectivity index (χ3n) is 3.24. The zero-order chi connectivity index (χ0) is 19.3.